The van der Waals surface area contributed by atoms with Crippen molar-refractivity contribution in [3.05, 3.63) is 11.8 Å². The molecule has 3 aliphatic heterocycles. The lowest BCUT2D eigenvalue weighted by molar-refractivity contribution is -0.0913. The molecule has 4 rings (SSSR count). The first-order valence-electron chi connectivity index (χ1n) is 8.91. The maximum atomic E-state index is 12.8. The second kappa shape index (κ2) is 6.50. The van der Waals surface area contributed by atoms with E-state index in [1.807, 2.05) is 0 Å². The lowest BCUT2D eigenvalue weighted by Gasteiger charge is -2.60. The number of sulfonamides is 1. The van der Waals surface area contributed by atoms with Gasteiger partial charge < -0.3 is 9.64 Å². The Balaban J connectivity index is 1.33. The van der Waals surface area contributed by atoms with Crippen LogP contribution in [-0.4, -0.2) is 73.3 Å². The highest BCUT2D eigenvalue weighted by molar-refractivity contribution is 7.89. The molecule has 146 valence electrons. The molecule has 0 unspecified atom stereocenters. The molecule has 0 bridgehead atoms. The van der Waals surface area contributed by atoms with E-state index in [1.54, 1.807) is 0 Å². The lowest BCUT2D eigenvalue weighted by Crippen LogP contribution is -2.73. The van der Waals surface area contributed by atoms with Crippen molar-refractivity contribution in [3.8, 4) is 0 Å². The van der Waals surface area contributed by atoms with Crippen LogP contribution in [0.4, 0.5) is 8.78 Å². The molecule has 0 saturated carbocycles. The molecule has 0 atom stereocenters. The number of alkyl halides is 2. The molecule has 0 N–H and O–H groups in total. The summed E-state index contributed by atoms with van der Waals surface area (Å²) in [4.78, 5) is 2.39. The van der Waals surface area contributed by atoms with Gasteiger partial charge in [-0.25, -0.2) is 17.2 Å². The van der Waals surface area contributed by atoms with E-state index in [2.05, 4.69) is 10.00 Å². The van der Waals surface area contributed by atoms with Gasteiger partial charge in [0.1, 0.15) is 5.69 Å². The molecule has 10 heteroatoms. The van der Waals surface area contributed by atoms with Crippen molar-refractivity contribution in [1.82, 2.24) is 19.0 Å². The second-order valence-corrected chi connectivity index (χ2v) is 9.72. The van der Waals surface area contributed by atoms with Gasteiger partial charge in [-0.2, -0.15) is 9.40 Å². The summed E-state index contributed by atoms with van der Waals surface area (Å²) in [5.74, 6) is 0.670. The maximum Gasteiger partial charge on any atom is 0.282 e. The van der Waals surface area contributed by atoms with Crippen LogP contribution in [0, 0.1) is 11.3 Å². The molecule has 1 aromatic heterocycles. The average Bonchev–Trinajstić information content (AvgIpc) is 2.92. The van der Waals surface area contributed by atoms with Crippen molar-refractivity contribution in [2.75, 3.05) is 45.9 Å². The van der Waals surface area contributed by atoms with E-state index in [-0.39, 0.29) is 10.4 Å². The summed E-state index contributed by atoms with van der Waals surface area (Å²) in [5, 5.41) is 3.44. The number of halogens is 2. The van der Waals surface area contributed by atoms with Gasteiger partial charge in [-0.15, -0.1) is 0 Å². The summed E-state index contributed by atoms with van der Waals surface area (Å²) in [6.45, 7) is 5.44. The summed E-state index contributed by atoms with van der Waals surface area (Å²) < 4.78 is 58.7. The molecule has 26 heavy (non-hydrogen) atoms. The van der Waals surface area contributed by atoms with E-state index in [4.69, 9.17) is 4.74 Å². The molecule has 3 aliphatic rings. The van der Waals surface area contributed by atoms with Gasteiger partial charge in [-0.3, -0.25) is 4.68 Å². The van der Waals surface area contributed by atoms with Crippen LogP contribution in [0.15, 0.2) is 11.1 Å². The van der Waals surface area contributed by atoms with Crippen LogP contribution in [0.3, 0.4) is 0 Å². The number of hydrogen-bond donors (Lipinski definition) is 0. The molecular formula is C16H24F2N4O3S. The minimum absolute atomic E-state index is 0.0301. The van der Waals surface area contributed by atoms with Crippen molar-refractivity contribution in [3.63, 3.8) is 0 Å². The molecule has 0 radical (unpaired) electrons. The van der Waals surface area contributed by atoms with Crippen LogP contribution in [-0.2, 0) is 21.8 Å². The average molecular weight is 390 g/mol. The van der Waals surface area contributed by atoms with Gasteiger partial charge in [0.15, 0.2) is 5.03 Å². The predicted octanol–water partition coefficient (Wildman–Crippen LogP) is 1.09. The van der Waals surface area contributed by atoms with Crippen molar-refractivity contribution >= 4 is 10.0 Å². The zero-order valence-corrected chi connectivity index (χ0v) is 15.6. The SMILES string of the molecule is Cn1nc(C(F)F)cc1S(=O)(=O)N1CC2(CN(CC3CCOCC3)C2)C1. The number of aromatic nitrogens is 2. The Labute approximate surface area is 151 Å². The Hall–Kier alpha value is -1.10. The van der Waals surface area contributed by atoms with E-state index < -0.39 is 22.1 Å². The second-order valence-electron chi connectivity index (χ2n) is 7.83. The first-order valence-corrected chi connectivity index (χ1v) is 10.4. The fraction of sp³-hybridized carbons (Fsp3) is 0.812. The fourth-order valence-electron chi connectivity index (χ4n) is 4.35. The largest absolute Gasteiger partial charge is 0.381 e. The highest BCUT2D eigenvalue weighted by Crippen LogP contribution is 2.42. The quantitative estimate of drug-likeness (QED) is 0.753. The fourth-order valence-corrected chi connectivity index (χ4v) is 6.15. The van der Waals surface area contributed by atoms with E-state index in [1.165, 1.54) is 11.4 Å². The van der Waals surface area contributed by atoms with Crippen LogP contribution in [0.2, 0.25) is 0 Å². The molecule has 1 spiro atoms. The Morgan fingerprint density at radius 1 is 1.27 bits per heavy atom. The zero-order chi connectivity index (χ0) is 18.5. The van der Waals surface area contributed by atoms with Crippen molar-refractivity contribution < 1.29 is 21.9 Å². The number of hydrogen-bond acceptors (Lipinski definition) is 5. The molecule has 1 aromatic rings. The maximum absolute atomic E-state index is 12.8. The van der Waals surface area contributed by atoms with Gasteiger partial charge in [0, 0.05) is 64.5 Å². The number of aryl methyl sites for hydroxylation is 1. The number of likely N-dealkylation sites (tertiary alicyclic amines) is 1. The smallest absolute Gasteiger partial charge is 0.282 e. The van der Waals surface area contributed by atoms with Gasteiger partial charge in [-0.1, -0.05) is 0 Å². The van der Waals surface area contributed by atoms with E-state index in [0.717, 1.165) is 56.4 Å². The first kappa shape index (κ1) is 18.3. The van der Waals surface area contributed by atoms with Gasteiger partial charge in [0.25, 0.3) is 16.4 Å². The van der Waals surface area contributed by atoms with Gasteiger partial charge in [0.05, 0.1) is 0 Å². The van der Waals surface area contributed by atoms with Crippen LogP contribution < -0.4 is 0 Å². The minimum atomic E-state index is -3.77. The minimum Gasteiger partial charge on any atom is -0.381 e. The molecule has 7 nitrogen and oxygen atoms in total. The van der Waals surface area contributed by atoms with E-state index >= 15 is 0 Å². The third kappa shape index (κ3) is 3.17. The standard InChI is InChI=1S/C16H24F2N4O3S/c1-20-14(6-13(19-20)15(17)18)26(23,24)22-10-16(11-22)8-21(9-16)7-12-2-4-25-5-3-12/h6,12,15H,2-5,7-11H2,1H3. The van der Waals surface area contributed by atoms with Gasteiger partial charge >= 0.3 is 0 Å². The highest BCUT2D eigenvalue weighted by Gasteiger charge is 2.55. The Bertz CT molecular complexity index is 762. The van der Waals surface area contributed by atoms with E-state index in [0.29, 0.717) is 19.0 Å². The number of nitrogens with zero attached hydrogens (tertiary/aromatic N) is 4. The van der Waals surface area contributed by atoms with Crippen LogP contribution in [0.25, 0.3) is 0 Å². The Morgan fingerprint density at radius 2 is 1.92 bits per heavy atom. The molecule has 0 amide bonds. The molecule has 4 heterocycles. The number of ether oxygens (including phenoxy) is 1. The van der Waals surface area contributed by atoms with Crippen molar-refractivity contribution in [2.45, 2.75) is 24.3 Å². The summed E-state index contributed by atoms with van der Waals surface area (Å²) in [5.41, 5.74) is -0.477. The summed E-state index contributed by atoms with van der Waals surface area (Å²) in [6.07, 6.45) is -0.591. The zero-order valence-electron chi connectivity index (χ0n) is 14.8. The van der Waals surface area contributed by atoms with Crippen LogP contribution in [0.1, 0.15) is 25.0 Å². The number of rotatable bonds is 5. The lowest BCUT2D eigenvalue weighted by atomic mass is 9.74. The summed E-state index contributed by atoms with van der Waals surface area (Å²) in [6, 6.07) is 0.975. The van der Waals surface area contributed by atoms with Gasteiger partial charge in [-0.05, 0) is 18.8 Å². The third-order valence-corrected chi connectivity index (χ3v) is 7.53. The Morgan fingerprint density at radius 3 is 2.50 bits per heavy atom. The Kier molecular flexibility index (Phi) is 4.57. The van der Waals surface area contributed by atoms with Crippen LogP contribution in [0.5, 0.6) is 0 Å². The molecule has 3 saturated heterocycles. The summed E-state index contributed by atoms with van der Waals surface area (Å²) in [7, 11) is -2.39. The first-order chi connectivity index (χ1) is 12.3. The van der Waals surface area contributed by atoms with E-state index in [9.17, 15) is 17.2 Å². The molecular weight excluding hydrogens is 366 g/mol. The topological polar surface area (TPSA) is 67.7 Å². The third-order valence-electron chi connectivity index (χ3n) is 5.68. The van der Waals surface area contributed by atoms with Gasteiger partial charge in [0.2, 0.25) is 0 Å². The molecule has 0 aliphatic carbocycles. The van der Waals surface area contributed by atoms with Crippen molar-refractivity contribution in [1.29, 1.82) is 0 Å². The predicted molar refractivity (Wildman–Crippen MR) is 89.3 cm³/mol. The summed E-state index contributed by atoms with van der Waals surface area (Å²) >= 11 is 0. The normalized spacial score (nSPS) is 24.8. The molecule has 0 aromatic carbocycles. The van der Waals surface area contributed by atoms with Crippen molar-refractivity contribution in [2.24, 2.45) is 18.4 Å². The monoisotopic (exact) mass is 390 g/mol. The highest BCUT2D eigenvalue weighted by atomic mass is 32.2. The van der Waals surface area contributed by atoms with Crippen LogP contribution >= 0.6 is 0 Å². The molecule has 3 fully saturated rings.